The molecule has 0 aromatic heterocycles. The van der Waals surface area contributed by atoms with Gasteiger partial charge in [0.05, 0.1) is 17.7 Å². The Kier molecular flexibility index (Phi) is 4.25. The fraction of sp³-hybridized carbons (Fsp3) is 0.500. The van der Waals surface area contributed by atoms with Gasteiger partial charge >= 0.3 is 0 Å². The molecule has 1 saturated carbocycles. The molecule has 0 heterocycles. The highest BCUT2D eigenvalue weighted by Gasteiger charge is 2.21. The lowest BCUT2D eigenvalue weighted by Gasteiger charge is -2.26. The van der Waals surface area contributed by atoms with Crippen molar-refractivity contribution in [3.8, 4) is 5.75 Å². The second-order valence-corrected chi connectivity index (χ2v) is 5.17. The predicted octanol–water partition coefficient (Wildman–Crippen LogP) is 3.08. The Balaban J connectivity index is 2.11. The zero-order valence-electron chi connectivity index (χ0n) is 10.4. The Labute approximate surface area is 112 Å². The Hall–Kier alpha value is -1.06. The molecule has 0 aliphatic heterocycles. The number of halogens is 1. The van der Waals surface area contributed by atoms with Gasteiger partial charge in [0.1, 0.15) is 5.75 Å². The molecular weight excluding hydrogens is 252 g/mol. The van der Waals surface area contributed by atoms with E-state index in [1.165, 1.54) is 6.42 Å². The summed E-state index contributed by atoms with van der Waals surface area (Å²) in [4.78, 5) is 11.9. The zero-order valence-corrected chi connectivity index (χ0v) is 11.1. The minimum Gasteiger partial charge on any atom is -0.489 e. The van der Waals surface area contributed by atoms with Crippen LogP contribution in [0.5, 0.6) is 5.75 Å². The Bertz CT molecular complexity index is 441. The first-order valence-electron chi connectivity index (χ1n) is 6.23. The average molecular weight is 269 g/mol. The highest BCUT2D eigenvalue weighted by molar-refractivity contribution is 6.32. The van der Waals surface area contributed by atoms with Gasteiger partial charge in [0.25, 0.3) is 0 Å². The molecule has 2 rings (SSSR count). The van der Waals surface area contributed by atoms with Crippen LogP contribution in [0, 0.1) is 5.92 Å². The van der Waals surface area contributed by atoms with Crippen LogP contribution in [0.4, 0.5) is 0 Å². The van der Waals surface area contributed by atoms with Crippen molar-refractivity contribution in [3.63, 3.8) is 0 Å². The van der Waals surface area contributed by atoms with Gasteiger partial charge in [-0.3, -0.25) is 4.79 Å². The van der Waals surface area contributed by atoms with Crippen molar-refractivity contribution < 1.29 is 14.6 Å². The molecule has 1 atom stereocenters. The molecule has 0 amide bonds. The van der Waals surface area contributed by atoms with Crippen LogP contribution in [0.2, 0.25) is 5.02 Å². The standard InChI is InChI=1S/C14H17ClO3/c1-9(8-16)14(17)10-5-6-13(12(15)7-10)18-11-3-2-4-11/h5-7,9,11,16H,2-4,8H2,1H3/t9-/m1/s1. The van der Waals surface area contributed by atoms with Crippen molar-refractivity contribution >= 4 is 17.4 Å². The molecule has 1 N–H and O–H groups in total. The highest BCUT2D eigenvalue weighted by Crippen LogP contribution is 2.31. The maximum absolute atomic E-state index is 11.9. The monoisotopic (exact) mass is 268 g/mol. The van der Waals surface area contributed by atoms with Gasteiger partial charge in [-0.2, -0.15) is 0 Å². The molecular formula is C14H17ClO3. The lowest BCUT2D eigenvalue weighted by atomic mass is 9.96. The third-order valence-electron chi connectivity index (χ3n) is 3.28. The second kappa shape index (κ2) is 5.72. The smallest absolute Gasteiger partial charge is 0.168 e. The van der Waals surface area contributed by atoms with E-state index >= 15 is 0 Å². The fourth-order valence-corrected chi connectivity index (χ4v) is 2.01. The minimum atomic E-state index is -0.403. The van der Waals surface area contributed by atoms with Crippen molar-refractivity contribution in [2.45, 2.75) is 32.3 Å². The van der Waals surface area contributed by atoms with Crippen molar-refractivity contribution in [1.29, 1.82) is 0 Å². The number of benzene rings is 1. The molecule has 4 heteroatoms. The van der Waals surface area contributed by atoms with E-state index in [1.54, 1.807) is 25.1 Å². The van der Waals surface area contributed by atoms with Gasteiger partial charge in [-0.1, -0.05) is 18.5 Å². The van der Waals surface area contributed by atoms with Crippen LogP contribution in [-0.4, -0.2) is 23.6 Å². The number of hydrogen-bond acceptors (Lipinski definition) is 3. The van der Waals surface area contributed by atoms with E-state index in [-0.39, 0.29) is 18.5 Å². The van der Waals surface area contributed by atoms with E-state index in [4.69, 9.17) is 21.4 Å². The van der Waals surface area contributed by atoms with Crippen LogP contribution in [0.15, 0.2) is 18.2 Å². The summed E-state index contributed by atoms with van der Waals surface area (Å²) in [7, 11) is 0. The van der Waals surface area contributed by atoms with Gasteiger partial charge in [-0.25, -0.2) is 0 Å². The van der Waals surface area contributed by atoms with E-state index in [2.05, 4.69) is 0 Å². The summed E-state index contributed by atoms with van der Waals surface area (Å²) in [5.41, 5.74) is 0.516. The normalized spacial score (nSPS) is 17.1. The molecule has 1 aliphatic rings. The van der Waals surface area contributed by atoms with Gasteiger partial charge in [0, 0.05) is 11.5 Å². The molecule has 1 aromatic rings. The first-order valence-corrected chi connectivity index (χ1v) is 6.61. The molecule has 1 fully saturated rings. The second-order valence-electron chi connectivity index (χ2n) is 4.76. The lowest BCUT2D eigenvalue weighted by Crippen LogP contribution is -2.24. The van der Waals surface area contributed by atoms with Crippen LogP contribution in [0.3, 0.4) is 0 Å². The topological polar surface area (TPSA) is 46.5 Å². The summed E-state index contributed by atoms with van der Waals surface area (Å²) in [5, 5.41) is 9.43. The number of carbonyl (C=O) groups is 1. The van der Waals surface area contributed by atoms with Crippen LogP contribution >= 0.6 is 11.6 Å². The van der Waals surface area contributed by atoms with Crippen LogP contribution in [0.25, 0.3) is 0 Å². The number of rotatable bonds is 5. The third kappa shape index (κ3) is 2.85. The molecule has 3 nitrogen and oxygen atoms in total. The molecule has 98 valence electrons. The number of aliphatic hydroxyl groups excluding tert-OH is 1. The molecule has 0 unspecified atom stereocenters. The summed E-state index contributed by atoms with van der Waals surface area (Å²) in [5.74, 6) is 0.128. The van der Waals surface area contributed by atoms with E-state index < -0.39 is 5.92 Å². The zero-order chi connectivity index (χ0) is 13.1. The largest absolute Gasteiger partial charge is 0.489 e. The maximum atomic E-state index is 11.9. The van der Waals surface area contributed by atoms with E-state index in [1.807, 2.05) is 0 Å². The summed E-state index contributed by atoms with van der Waals surface area (Å²) >= 11 is 6.11. The number of carbonyl (C=O) groups excluding carboxylic acids is 1. The Morgan fingerprint density at radius 3 is 2.78 bits per heavy atom. The minimum absolute atomic E-state index is 0.102. The summed E-state index contributed by atoms with van der Waals surface area (Å²) in [6, 6.07) is 5.05. The first-order chi connectivity index (χ1) is 8.61. The van der Waals surface area contributed by atoms with Crippen LogP contribution < -0.4 is 4.74 Å². The molecule has 1 aliphatic carbocycles. The number of Topliss-reactive ketones (excluding diaryl/α,β-unsaturated/α-hetero) is 1. The Morgan fingerprint density at radius 1 is 1.56 bits per heavy atom. The highest BCUT2D eigenvalue weighted by atomic mass is 35.5. The summed E-state index contributed by atoms with van der Waals surface area (Å²) < 4.78 is 5.71. The molecule has 0 saturated heterocycles. The quantitative estimate of drug-likeness (QED) is 0.835. The Morgan fingerprint density at radius 2 is 2.28 bits per heavy atom. The van der Waals surface area contributed by atoms with E-state index in [9.17, 15) is 4.79 Å². The van der Waals surface area contributed by atoms with E-state index in [0.717, 1.165) is 12.8 Å². The van der Waals surface area contributed by atoms with Crippen molar-refractivity contribution in [1.82, 2.24) is 0 Å². The predicted molar refractivity (Wildman–Crippen MR) is 70.3 cm³/mol. The third-order valence-corrected chi connectivity index (χ3v) is 3.58. The van der Waals surface area contributed by atoms with Gasteiger partial charge < -0.3 is 9.84 Å². The molecule has 0 spiro atoms. The number of aliphatic hydroxyl groups is 1. The number of ether oxygens (including phenoxy) is 1. The van der Waals surface area contributed by atoms with Crippen molar-refractivity contribution in [3.05, 3.63) is 28.8 Å². The molecule has 1 aromatic carbocycles. The first kappa shape index (κ1) is 13.4. The van der Waals surface area contributed by atoms with Gasteiger partial charge in [0.2, 0.25) is 0 Å². The summed E-state index contributed by atoms with van der Waals surface area (Å²) in [6.07, 6.45) is 3.60. The van der Waals surface area contributed by atoms with Crippen molar-refractivity contribution in [2.75, 3.05) is 6.61 Å². The van der Waals surface area contributed by atoms with Crippen LogP contribution in [-0.2, 0) is 0 Å². The van der Waals surface area contributed by atoms with Gasteiger partial charge in [-0.05, 0) is 37.5 Å². The van der Waals surface area contributed by atoms with Crippen molar-refractivity contribution in [2.24, 2.45) is 5.92 Å². The molecule has 0 radical (unpaired) electrons. The van der Waals surface area contributed by atoms with Gasteiger partial charge in [0.15, 0.2) is 5.78 Å². The van der Waals surface area contributed by atoms with E-state index in [0.29, 0.717) is 16.3 Å². The molecule has 18 heavy (non-hydrogen) atoms. The summed E-state index contributed by atoms with van der Waals surface area (Å²) in [6.45, 7) is 1.53. The fourth-order valence-electron chi connectivity index (χ4n) is 1.79. The average Bonchev–Trinajstić information content (AvgIpc) is 2.33. The van der Waals surface area contributed by atoms with Gasteiger partial charge in [-0.15, -0.1) is 0 Å². The maximum Gasteiger partial charge on any atom is 0.168 e. The number of hydrogen-bond donors (Lipinski definition) is 1. The number of ketones is 1. The van der Waals surface area contributed by atoms with Crippen LogP contribution in [0.1, 0.15) is 36.5 Å². The molecule has 0 bridgehead atoms. The SMILES string of the molecule is C[C@H](CO)C(=O)c1ccc(OC2CCC2)c(Cl)c1. The lowest BCUT2D eigenvalue weighted by molar-refractivity contribution is 0.0877.